The molecule has 0 spiro atoms. The van der Waals surface area contributed by atoms with Crippen LogP contribution in [0.15, 0.2) is 30.3 Å². The number of carbonyl (C=O) groups excluding carboxylic acids is 2. The zero-order valence-electron chi connectivity index (χ0n) is 12.1. The third-order valence-electron chi connectivity index (χ3n) is 4.16. The summed E-state index contributed by atoms with van der Waals surface area (Å²) in [5.41, 5.74) is 0.900. The second-order valence-electron chi connectivity index (χ2n) is 5.74. The lowest BCUT2D eigenvalue weighted by Crippen LogP contribution is -2.47. The normalized spacial score (nSPS) is 22.5. The molecule has 0 aliphatic carbocycles. The van der Waals surface area contributed by atoms with E-state index in [9.17, 15) is 9.59 Å². The standard InChI is InChI=1S/C16H21N3O2/c20-15-11-13(12-19(15)14-7-3-1-4-8-14)17-16(21)18-9-5-2-6-10-18/h1,3-4,7-8,13H,2,5-6,9-12H2,(H,17,21)/t13-/m0/s1. The van der Waals surface area contributed by atoms with Gasteiger partial charge in [-0.05, 0) is 31.4 Å². The first kappa shape index (κ1) is 13.9. The predicted octanol–water partition coefficient (Wildman–Crippen LogP) is 1.99. The van der Waals surface area contributed by atoms with Crippen molar-refractivity contribution in [1.29, 1.82) is 0 Å². The van der Waals surface area contributed by atoms with E-state index in [0.717, 1.165) is 31.6 Å². The molecule has 2 saturated heterocycles. The molecule has 1 N–H and O–H groups in total. The van der Waals surface area contributed by atoms with Gasteiger partial charge in [-0.25, -0.2) is 4.79 Å². The molecular weight excluding hydrogens is 266 g/mol. The number of nitrogens with zero attached hydrogens (tertiary/aromatic N) is 2. The number of amides is 3. The summed E-state index contributed by atoms with van der Waals surface area (Å²) in [4.78, 5) is 27.9. The van der Waals surface area contributed by atoms with Gasteiger partial charge < -0.3 is 15.1 Å². The van der Waals surface area contributed by atoms with Crippen LogP contribution in [0.25, 0.3) is 0 Å². The van der Waals surface area contributed by atoms with Crippen LogP contribution in [0.5, 0.6) is 0 Å². The number of urea groups is 1. The minimum Gasteiger partial charge on any atom is -0.333 e. The lowest BCUT2D eigenvalue weighted by molar-refractivity contribution is -0.117. The Labute approximate surface area is 124 Å². The fourth-order valence-electron chi connectivity index (χ4n) is 3.02. The summed E-state index contributed by atoms with van der Waals surface area (Å²) in [7, 11) is 0. The number of carbonyl (C=O) groups is 2. The summed E-state index contributed by atoms with van der Waals surface area (Å²) in [5.74, 6) is 0.0742. The number of hydrogen-bond acceptors (Lipinski definition) is 2. The van der Waals surface area contributed by atoms with Crippen molar-refractivity contribution < 1.29 is 9.59 Å². The quantitative estimate of drug-likeness (QED) is 0.904. The van der Waals surface area contributed by atoms with Crippen molar-refractivity contribution in [3.05, 3.63) is 30.3 Å². The number of likely N-dealkylation sites (tertiary alicyclic amines) is 1. The molecule has 2 fully saturated rings. The summed E-state index contributed by atoms with van der Waals surface area (Å²) < 4.78 is 0. The van der Waals surface area contributed by atoms with Crippen LogP contribution < -0.4 is 10.2 Å². The molecule has 1 aromatic rings. The molecule has 1 atom stereocenters. The maximum Gasteiger partial charge on any atom is 0.317 e. The number of anilines is 1. The molecule has 112 valence electrons. The van der Waals surface area contributed by atoms with E-state index in [1.807, 2.05) is 35.2 Å². The zero-order valence-corrected chi connectivity index (χ0v) is 12.1. The number of nitrogens with one attached hydrogen (secondary N) is 1. The summed E-state index contributed by atoms with van der Waals surface area (Å²) >= 11 is 0. The van der Waals surface area contributed by atoms with Crippen LogP contribution in [0, 0.1) is 0 Å². The molecule has 0 bridgehead atoms. The van der Waals surface area contributed by atoms with Gasteiger partial charge >= 0.3 is 6.03 Å². The fourth-order valence-corrected chi connectivity index (χ4v) is 3.02. The van der Waals surface area contributed by atoms with Gasteiger partial charge in [-0.3, -0.25) is 4.79 Å². The Bertz CT molecular complexity index is 512. The van der Waals surface area contributed by atoms with E-state index in [0.29, 0.717) is 13.0 Å². The first-order valence-corrected chi connectivity index (χ1v) is 7.65. The Morgan fingerprint density at radius 2 is 1.81 bits per heavy atom. The van der Waals surface area contributed by atoms with Crippen molar-refractivity contribution in [1.82, 2.24) is 10.2 Å². The average Bonchev–Trinajstić information content (AvgIpc) is 2.89. The topological polar surface area (TPSA) is 52.7 Å². The van der Waals surface area contributed by atoms with Crippen LogP contribution in [-0.4, -0.2) is 42.5 Å². The van der Waals surface area contributed by atoms with E-state index < -0.39 is 0 Å². The highest BCUT2D eigenvalue weighted by molar-refractivity contribution is 5.96. The van der Waals surface area contributed by atoms with Gasteiger partial charge in [0, 0.05) is 31.7 Å². The van der Waals surface area contributed by atoms with Crippen molar-refractivity contribution >= 4 is 17.6 Å². The molecule has 0 radical (unpaired) electrons. The lowest BCUT2D eigenvalue weighted by atomic mass is 10.1. The van der Waals surface area contributed by atoms with Gasteiger partial charge in [-0.15, -0.1) is 0 Å². The summed E-state index contributed by atoms with van der Waals surface area (Å²) in [5, 5.41) is 3.00. The number of para-hydroxylation sites is 1. The van der Waals surface area contributed by atoms with Crippen LogP contribution in [0.2, 0.25) is 0 Å². The zero-order chi connectivity index (χ0) is 14.7. The van der Waals surface area contributed by atoms with E-state index in [-0.39, 0.29) is 18.0 Å². The Balaban J connectivity index is 1.58. The molecule has 3 rings (SSSR count). The lowest BCUT2D eigenvalue weighted by Gasteiger charge is -2.28. The molecule has 5 nitrogen and oxygen atoms in total. The maximum atomic E-state index is 12.2. The highest BCUT2D eigenvalue weighted by atomic mass is 16.2. The summed E-state index contributed by atoms with van der Waals surface area (Å²) in [6, 6.07) is 9.50. The molecule has 1 aromatic carbocycles. The predicted molar refractivity (Wildman–Crippen MR) is 81.2 cm³/mol. The molecule has 0 saturated carbocycles. The molecule has 0 aromatic heterocycles. The number of piperidine rings is 1. The van der Waals surface area contributed by atoms with Crippen LogP contribution in [0.4, 0.5) is 10.5 Å². The first-order valence-electron chi connectivity index (χ1n) is 7.65. The minimum absolute atomic E-state index is 0.0255. The van der Waals surface area contributed by atoms with Gasteiger partial charge in [0.05, 0.1) is 6.04 Å². The van der Waals surface area contributed by atoms with Gasteiger partial charge in [0.15, 0.2) is 0 Å². The van der Waals surface area contributed by atoms with Crippen LogP contribution in [-0.2, 0) is 4.79 Å². The van der Waals surface area contributed by atoms with Gasteiger partial charge in [0.25, 0.3) is 0 Å². The SMILES string of the molecule is O=C(N[C@H]1CC(=O)N(c2ccccc2)C1)N1CCCCC1. The molecule has 0 unspecified atom stereocenters. The Kier molecular flexibility index (Phi) is 4.08. The van der Waals surface area contributed by atoms with Crippen molar-refractivity contribution in [3.63, 3.8) is 0 Å². The molecule has 2 aliphatic heterocycles. The third-order valence-corrected chi connectivity index (χ3v) is 4.16. The largest absolute Gasteiger partial charge is 0.333 e. The molecule has 21 heavy (non-hydrogen) atoms. The van der Waals surface area contributed by atoms with E-state index in [1.165, 1.54) is 6.42 Å². The summed E-state index contributed by atoms with van der Waals surface area (Å²) in [6.07, 6.45) is 3.74. The van der Waals surface area contributed by atoms with E-state index >= 15 is 0 Å². The van der Waals surface area contributed by atoms with Gasteiger partial charge in [-0.2, -0.15) is 0 Å². The van der Waals surface area contributed by atoms with E-state index in [1.54, 1.807) is 4.90 Å². The number of rotatable bonds is 2. The fraction of sp³-hybridized carbons (Fsp3) is 0.500. The van der Waals surface area contributed by atoms with Crippen molar-refractivity contribution in [2.75, 3.05) is 24.5 Å². The molecule has 2 heterocycles. The smallest absolute Gasteiger partial charge is 0.317 e. The molecule has 3 amide bonds. The Morgan fingerprint density at radius 1 is 1.10 bits per heavy atom. The second kappa shape index (κ2) is 6.16. The van der Waals surface area contributed by atoms with Gasteiger partial charge in [-0.1, -0.05) is 18.2 Å². The van der Waals surface area contributed by atoms with E-state index in [4.69, 9.17) is 0 Å². The number of benzene rings is 1. The van der Waals surface area contributed by atoms with Gasteiger partial charge in [0.2, 0.25) is 5.91 Å². The van der Waals surface area contributed by atoms with Crippen molar-refractivity contribution in [2.45, 2.75) is 31.7 Å². The first-order chi connectivity index (χ1) is 10.2. The Morgan fingerprint density at radius 3 is 2.52 bits per heavy atom. The average molecular weight is 287 g/mol. The number of hydrogen-bond donors (Lipinski definition) is 1. The molecule has 2 aliphatic rings. The third kappa shape index (κ3) is 3.17. The maximum absolute atomic E-state index is 12.2. The molecular formula is C16H21N3O2. The monoisotopic (exact) mass is 287 g/mol. The van der Waals surface area contributed by atoms with Crippen LogP contribution in [0.1, 0.15) is 25.7 Å². The summed E-state index contributed by atoms with van der Waals surface area (Å²) in [6.45, 7) is 2.21. The van der Waals surface area contributed by atoms with Crippen molar-refractivity contribution in [2.24, 2.45) is 0 Å². The van der Waals surface area contributed by atoms with Gasteiger partial charge in [0.1, 0.15) is 0 Å². The molecule has 5 heteroatoms. The highest BCUT2D eigenvalue weighted by Gasteiger charge is 2.32. The second-order valence-corrected chi connectivity index (χ2v) is 5.74. The van der Waals surface area contributed by atoms with Crippen molar-refractivity contribution in [3.8, 4) is 0 Å². The minimum atomic E-state index is -0.0906. The van der Waals surface area contributed by atoms with Crippen LogP contribution >= 0.6 is 0 Å². The van der Waals surface area contributed by atoms with E-state index in [2.05, 4.69) is 5.32 Å². The highest BCUT2D eigenvalue weighted by Crippen LogP contribution is 2.21. The Hall–Kier alpha value is -2.04. The van der Waals surface area contributed by atoms with Crippen LogP contribution in [0.3, 0.4) is 0 Å².